The zero-order valence-electron chi connectivity index (χ0n) is 17.7. The van der Waals surface area contributed by atoms with Gasteiger partial charge < -0.3 is 15.3 Å². The van der Waals surface area contributed by atoms with Crippen molar-refractivity contribution in [2.24, 2.45) is 16.8 Å². The largest absolute Gasteiger partial charge is 0.481 e. The molecule has 2 aliphatic rings. The van der Waals surface area contributed by atoms with E-state index >= 15 is 0 Å². The number of rotatable bonds is 6. The van der Waals surface area contributed by atoms with Crippen LogP contribution in [0.15, 0.2) is 59.6 Å². The summed E-state index contributed by atoms with van der Waals surface area (Å²) in [6.07, 6.45) is 2.48. The molecule has 2 atom stereocenters. The van der Waals surface area contributed by atoms with E-state index in [9.17, 15) is 14.7 Å². The Labute approximate surface area is 183 Å². The first-order valence-electron chi connectivity index (χ1n) is 11.0. The zero-order chi connectivity index (χ0) is 21.6. The fourth-order valence-corrected chi connectivity index (χ4v) is 4.71. The van der Waals surface area contributed by atoms with Crippen LogP contribution < -0.4 is 5.32 Å². The van der Waals surface area contributed by atoms with Crippen molar-refractivity contribution in [2.45, 2.75) is 32.2 Å². The van der Waals surface area contributed by atoms with Crippen LogP contribution in [0.2, 0.25) is 0 Å². The second-order valence-corrected chi connectivity index (χ2v) is 8.44. The molecule has 4 rings (SSSR count). The number of carboxylic acid groups (broad SMARTS) is 1. The summed E-state index contributed by atoms with van der Waals surface area (Å²) in [7, 11) is 0. The van der Waals surface area contributed by atoms with E-state index in [1.54, 1.807) is 0 Å². The van der Waals surface area contributed by atoms with E-state index in [0.29, 0.717) is 32.5 Å². The second kappa shape index (κ2) is 9.77. The van der Waals surface area contributed by atoms with E-state index in [1.807, 2.05) is 41.3 Å². The van der Waals surface area contributed by atoms with E-state index in [0.717, 1.165) is 24.2 Å². The van der Waals surface area contributed by atoms with Gasteiger partial charge in [-0.1, -0.05) is 54.6 Å². The van der Waals surface area contributed by atoms with Crippen LogP contribution in [0.25, 0.3) is 0 Å². The molecule has 1 saturated heterocycles. The molecule has 2 aromatic carbocycles. The number of aliphatic carboxylic acids is 1. The molecule has 2 aliphatic heterocycles. The highest BCUT2D eigenvalue weighted by molar-refractivity contribution is 6.02. The number of likely N-dealkylation sites (tertiary alicyclic amines) is 1. The number of carboxylic acids is 1. The molecule has 2 unspecified atom stereocenters. The summed E-state index contributed by atoms with van der Waals surface area (Å²) in [6.45, 7) is 2.39. The Hall–Kier alpha value is -3.15. The molecule has 0 aliphatic carbocycles. The maximum Gasteiger partial charge on any atom is 0.317 e. The molecule has 6 nitrogen and oxygen atoms in total. The molecule has 0 radical (unpaired) electrons. The lowest BCUT2D eigenvalue weighted by Gasteiger charge is -2.38. The Bertz CT molecular complexity index is 957. The summed E-state index contributed by atoms with van der Waals surface area (Å²) in [5.41, 5.74) is 4.58. The molecule has 2 amide bonds. The summed E-state index contributed by atoms with van der Waals surface area (Å²) in [5, 5.41) is 12.4. The van der Waals surface area contributed by atoms with Gasteiger partial charge in [0.05, 0.1) is 0 Å². The lowest BCUT2D eigenvalue weighted by Crippen LogP contribution is -2.48. The van der Waals surface area contributed by atoms with Gasteiger partial charge in [-0.3, -0.25) is 9.79 Å². The third kappa shape index (κ3) is 5.32. The van der Waals surface area contributed by atoms with Crippen molar-refractivity contribution >= 4 is 17.7 Å². The van der Waals surface area contributed by atoms with Gasteiger partial charge in [-0.15, -0.1) is 0 Å². The number of hydrogen-bond donors (Lipinski definition) is 2. The molecule has 2 N–H and O–H groups in total. The third-order valence-electron chi connectivity index (χ3n) is 6.37. The van der Waals surface area contributed by atoms with E-state index in [1.165, 1.54) is 11.1 Å². The minimum absolute atomic E-state index is 0.0486. The maximum atomic E-state index is 12.8. The van der Waals surface area contributed by atoms with Crippen molar-refractivity contribution in [2.75, 3.05) is 19.6 Å². The number of nitrogens with one attached hydrogen (secondary N) is 1. The van der Waals surface area contributed by atoms with E-state index < -0.39 is 5.97 Å². The van der Waals surface area contributed by atoms with Crippen molar-refractivity contribution in [3.05, 3.63) is 71.3 Å². The first kappa shape index (κ1) is 21.1. The van der Waals surface area contributed by atoms with Crippen molar-refractivity contribution in [1.82, 2.24) is 10.2 Å². The van der Waals surface area contributed by atoms with Gasteiger partial charge in [-0.2, -0.15) is 0 Å². The fourth-order valence-electron chi connectivity index (χ4n) is 4.71. The van der Waals surface area contributed by atoms with Crippen LogP contribution in [0.5, 0.6) is 0 Å². The van der Waals surface area contributed by atoms with Crippen molar-refractivity contribution in [3.63, 3.8) is 0 Å². The average Bonchev–Trinajstić information content (AvgIpc) is 2.79. The highest BCUT2D eigenvalue weighted by Crippen LogP contribution is 2.32. The van der Waals surface area contributed by atoms with Crippen LogP contribution in [0.1, 0.15) is 36.0 Å². The third-order valence-corrected chi connectivity index (χ3v) is 6.37. The monoisotopic (exact) mass is 419 g/mol. The number of benzene rings is 2. The normalized spacial score (nSPS) is 20.5. The molecule has 0 spiro atoms. The molecule has 0 aromatic heterocycles. The number of piperidine rings is 1. The van der Waals surface area contributed by atoms with Gasteiger partial charge in [-0.05, 0) is 47.8 Å². The van der Waals surface area contributed by atoms with Crippen LogP contribution in [-0.2, 0) is 17.8 Å². The van der Waals surface area contributed by atoms with Gasteiger partial charge in [0.1, 0.15) is 0 Å². The smallest absolute Gasteiger partial charge is 0.317 e. The van der Waals surface area contributed by atoms with Crippen LogP contribution in [-0.4, -0.2) is 47.4 Å². The average molecular weight is 420 g/mol. The summed E-state index contributed by atoms with van der Waals surface area (Å²) < 4.78 is 0. The number of aliphatic imine (C=N–C) groups is 1. The van der Waals surface area contributed by atoms with E-state index in [-0.39, 0.29) is 24.3 Å². The molecular weight excluding hydrogens is 390 g/mol. The molecule has 2 aromatic rings. The van der Waals surface area contributed by atoms with E-state index in [4.69, 9.17) is 4.99 Å². The SMILES string of the molecule is O=C(O)CC1CCN(C(=O)NCc2ccccc2)CC1CC1=NCCc2ccccc21. The molecular formula is C25H29N3O3. The Morgan fingerprint density at radius 2 is 1.84 bits per heavy atom. The Balaban J connectivity index is 1.44. The van der Waals surface area contributed by atoms with Crippen molar-refractivity contribution < 1.29 is 14.7 Å². The number of carbonyl (C=O) groups is 2. The number of amides is 2. The Morgan fingerprint density at radius 1 is 1.06 bits per heavy atom. The number of fused-ring (bicyclic) bond motifs is 1. The van der Waals surface area contributed by atoms with Crippen LogP contribution in [0, 0.1) is 11.8 Å². The highest BCUT2D eigenvalue weighted by atomic mass is 16.4. The summed E-state index contributed by atoms with van der Waals surface area (Å²) >= 11 is 0. The van der Waals surface area contributed by atoms with Gasteiger partial charge >= 0.3 is 12.0 Å². The predicted octanol–water partition coefficient (Wildman–Crippen LogP) is 3.74. The zero-order valence-corrected chi connectivity index (χ0v) is 17.7. The standard InChI is InChI=1S/C25H29N3O3/c29-24(30)15-20-11-13-28(25(31)27-16-18-6-2-1-3-7-18)17-21(20)14-23-22-9-5-4-8-19(22)10-12-26-23/h1-9,20-21H,10-17H2,(H,27,31)(H,29,30). The predicted molar refractivity (Wildman–Crippen MR) is 120 cm³/mol. The molecule has 1 fully saturated rings. The summed E-state index contributed by atoms with van der Waals surface area (Å²) in [4.78, 5) is 30.9. The molecule has 2 heterocycles. The van der Waals surface area contributed by atoms with Gasteiger partial charge in [-0.25, -0.2) is 4.79 Å². The first-order valence-corrected chi connectivity index (χ1v) is 11.0. The quantitative estimate of drug-likeness (QED) is 0.748. The summed E-state index contributed by atoms with van der Waals surface area (Å²) in [6, 6.07) is 18.1. The molecule has 6 heteroatoms. The molecule has 31 heavy (non-hydrogen) atoms. The molecule has 162 valence electrons. The lowest BCUT2D eigenvalue weighted by atomic mass is 9.78. The first-order chi connectivity index (χ1) is 15.1. The number of urea groups is 1. The van der Waals surface area contributed by atoms with Crippen LogP contribution >= 0.6 is 0 Å². The Kier molecular flexibility index (Phi) is 6.65. The Morgan fingerprint density at radius 3 is 2.65 bits per heavy atom. The number of carbonyl (C=O) groups excluding carboxylic acids is 1. The van der Waals surface area contributed by atoms with E-state index in [2.05, 4.69) is 23.5 Å². The lowest BCUT2D eigenvalue weighted by molar-refractivity contribution is -0.138. The highest BCUT2D eigenvalue weighted by Gasteiger charge is 2.34. The number of hydrogen-bond acceptors (Lipinski definition) is 3. The van der Waals surface area contributed by atoms with Crippen molar-refractivity contribution in [1.29, 1.82) is 0 Å². The minimum Gasteiger partial charge on any atom is -0.481 e. The minimum atomic E-state index is -0.775. The molecule has 0 bridgehead atoms. The number of nitrogens with zero attached hydrogens (tertiary/aromatic N) is 2. The summed E-state index contributed by atoms with van der Waals surface area (Å²) in [5.74, 6) is -0.646. The second-order valence-electron chi connectivity index (χ2n) is 8.44. The molecule has 0 saturated carbocycles. The maximum absolute atomic E-state index is 12.8. The van der Waals surface area contributed by atoms with Crippen LogP contribution in [0.3, 0.4) is 0 Å². The topological polar surface area (TPSA) is 82.0 Å². The fraction of sp³-hybridized carbons (Fsp3) is 0.400. The van der Waals surface area contributed by atoms with Gasteiger partial charge in [0, 0.05) is 38.3 Å². The van der Waals surface area contributed by atoms with Gasteiger partial charge in [0.15, 0.2) is 0 Å². The van der Waals surface area contributed by atoms with Gasteiger partial charge in [0.2, 0.25) is 0 Å². The van der Waals surface area contributed by atoms with Crippen molar-refractivity contribution in [3.8, 4) is 0 Å². The van der Waals surface area contributed by atoms with Gasteiger partial charge in [0.25, 0.3) is 0 Å². The van der Waals surface area contributed by atoms with Crippen LogP contribution in [0.4, 0.5) is 4.79 Å².